The van der Waals surface area contributed by atoms with Crippen LogP contribution in [0.3, 0.4) is 0 Å². The number of aryl methyl sites for hydroxylation is 1. The topological polar surface area (TPSA) is 67.8 Å². The smallest absolute Gasteiger partial charge is 0.335 e. The van der Waals surface area contributed by atoms with Gasteiger partial charge in [-0.1, -0.05) is 41.4 Å². The summed E-state index contributed by atoms with van der Waals surface area (Å²) in [6.07, 6.45) is 0. The molecule has 0 bridgehead atoms. The summed E-state index contributed by atoms with van der Waals surface area (Å²) in [4.78, 5) is 11.2. The average Bonchev–Trinajstić information content (AvgIpc) is 2.73. The highest BCUT2D eigenvalue weighted by molar-refractivity contribution is 6.32. The maximum atomic E-state index is 11.2. The van der Waals surface area contributed by atoms with Crippen LogP contribution in [0.5, 0.6) is 11.5 Å². The van der Waals surface area contributed by atoms with E-state index in [9.17, 15) is 9.90 Å². The van der Waals surface area contributed by atoms with E-state index in [2.05, 4.69) is 5.32 Å². The number of hydrogen-bond acceptors (Lipinski definition) is 4. The fourth-order valence-electron chi connectivity index (χ4n) is 2.89. The molecule has 5 nitrogen and oxygen atoms in total. The summed E-state index contributed by atoms with van der Waals surface area (Å²) in [6, 6.07) is 16.0. The molecule has 0 atom stereocenters. The SMILES string of the molecule is COc1cc(CNc2cc(C(=O)O)ccc2C)cc(Cl)c1OCc1ccc(Cl)cc1. The van der Waals surface area contributed by atoms with Crippen molar-refractivity contribution in [3.63, 3.8) is 0 Å². The predicted octanol–water partition coefficient (Wildman–Crippen LogP) is 6.20. The molecule has 0 aromatic heterocycles. The van der Waals surface area contributed by atoms with Crippen LogP contribution < -0.4 is 14.8 Å². The largest absolute Gasteiger partial charge is 0.493 e. The molecule has 2 N–H and O–H groups in total. The molecule has 0 aliphatic rings. The van der Waals surface area contributed by atoms with Crippen molar-refractivity contribution in [2.75, 3.05) is 12.4 Å². The second kappa shape index (κ2) is 9.74. The summed E-state index contributed by atoms with van der Waals surface area (Å²) in [7, 11) is 1.55. The van der Waals surface area contributed by atoms with Crippen molar-refractivity contribution in [1.29, 1.82) is 0 Å². The number of methoxy groups -OCH3 is 1. The van der Waals surface area contributed by atoms with Crippen LogP contribution in [0.15, 0.2) is 54.6 Å². The number of aromatic carboxylic acids is 1. The lowest BCUT2D eigenvalue weighted by Gasteiger charge is -2.16. The van der Waals surface area contributed by atoms with Gasteiger partial charge in [-0.25, -0.2) is 4.79 Å². The van der Waals surface area contributed by atoms with Crippen LogP contribution in [0.4, 0.5) is 5.69 Å². The Morgan fingerprint density at radius 3 is 2.43 bits per heavy atom. The standard InChI is InChI=1S/C23H21Cl2NO4/c1-14-3-6-17(23(27)28)11-20(14)26-12-16-9-19(25)22(21(10-16)29-2)30-13-15-4-7-18(24)8-5-15/h3-11,26H,12-13H2,1-2H3,(H,27,28). The van der Waals surface area contributed by atoms with Crippen molar-refractivity contribution in [2.45, 2.75) is 20.1 Å². The van der Waals surface area contributed by atoms with Gasteiger partial charge in [0.15, 0.2) is 11.5 Å². The van der Waals surface area contributed by atoms with E-state index in [1.54, 1.807) is 43.5 Å². The van der Waals surface area contributed by atoms with Gasteiger partial charge < -0.3 is 19.9 Å². The van der Waals surface area contributed by atoms with E-state index in [1.165, 1.54) is 0 Å². The molecule has 0 saturated heterocycles. The molecule has 3 rings (SSSR count). The van der Waals surface area contributed by atoms with E-state index in [-0.39, 0.29) is 5.56 Å². The third kappa shape index (κ3) is 5.38. The van der Waals surface area contributed by atoms with Gasteiger partial charge in [0.05, 0.1) is 17.7 Å². The minimum Gasteiger partial charge on any atom is -0.493 e. The summed E-state index contributed by atoms with van der Waals surface area (Å²) in [5.74, 6) is 0.0103. The van der Waals surface area contributed by atoms with Gasteiger partial charge in [-0.15, -0.1) is 0 Å². The first-order chi connectivity index (χ1) is 14.4. The minimum atomic E-state index is -0.968. The Balaban J connectivity index is 1.74. The molecular weight excluding hydrogens is 425 g/mol. The Morgan fingerprint density at radius 2 is 1.77 bits per heavy atom. The number of carbonyl (C=O) groups is 1. The third-order valence-corrected chi connectivity index (χ3v) is 5.09. The molecule has 0 heterocycles. The highest BCUT2D eigenvalue weighted by Gasteiger charge is 2.13. The van der Waals surface area contributed by atoms with Crippen molar-refractivity contribution >= 4 is 34.9 Å². The van der Waals surface area contributed by atoms with Gasteiger partial charge in [-0.2, -0.15) is 0 Å². The monoisotopic (exact) mass is 445 g/mol. The normalized spacial score (nSPS) is 10.5. The summed E-state index contributed by atoms with van der Waals surface area (Å²) in [5.41, 5.74) is 3.74. The van der Waals surface area contributed by atoms with Crippen molar-refractivity contribution in [3.05, 3.63) is 86.9 Å². The molecule has 7 heteroatoms. The Morgan fingerprint density at radius 1 is 1.03 bits per heavy atom. The van der Waals surface area contributed by atoms with Gasteiger partial charge in [-0.05, 0) is 60.0 Å². The lowest BCUT2D eigenvalue weighted by atomic mass is 10.1. The van der Waals surface area contributed by atoms with Gasteiger partial charge >= 0.3 is 5.97 Å². The van der Waals surface area contributed by atoms with E-state index >= 15 is 0 Å². The Kier molecular flexibility index (Phi) is 7.08. The highest BCUT2D eigenvalue weighted by atomic mass is 35.5. The highest BCUT2D eigenvalue weighted by Crippen LogP contribution is 2.37. The number of nitrogens with one attached hydrogen (secondary N) is 1. The number of anilines is 1. The zero-order valence-electron chi connectivity index (χ0n) is 16.5. The van der Waals surface area contributed by atoms with Crippen LogP contribution in [0, 0.1) is 6.92 Å². The minimum absolute atomic E-state index is 0.227. The molecule has 3 aromatic carbocycles. The van der Waals surface area contributed by atoms with Gasteiger partial charge in [0.25, 0.3) is 0 Å². The van der Waals surface area contributed by atoms with Crippen molar-refractivity contribution < 1.29 is 19.4 Å². The lowest BCUT2D eigenvalue weighted by Crippen LogP contribution is -2.05. The van der Waals surface area contributed by atoms with Crippen molar-refractivity contribution in [1.82, 2.24) is 0 Å². The second-order valence-corrected chi connectivity index (χ2v) is 7.56. The lowest BCUT2D eigenvalue weighted by molar-refractivity contribution is 0.0697. The maximum Gasteiger partial charge on any atom is 0.335 e. The van der Waals surface area contributed by atoms with Gasteiger partial charge in [0, 0.05) is 17.3 Å². The molecule has 0 unspecified atom stereocenters. The first-order valence-electron chi connectivity index (χ1n) is 9.19. The van der Waals surface area contributed by atoms with E-state index in [4.69, 9.17) is 32.7 Å². The number of carboxylic acid groups (broad SMARTS) is 1. The number of hydrogen-bond donors (Lipinski definition) is 2. The van der Waals surface area contributed by atoms with Crippen LogP contribution in [0.1, 0.15) is 27.0 Å². The number of rotatable bonds is 8. The molecule has 0 aliphatic heterocycles. The van der Waals surface area contributed by atoms with Crippen molar-refractivity contribution in [2.24, 2.45) is 0 Å². The van der Waals surface area contributed by atoms with Crippen LogP contribution in [0.25, 0.3) is 0 Å². The van der Waals surface area contributed by atoms with Crippen molar-refractivity contribution in [3.8, 4) is 11.5 Å². The number of carboxylic acids is 1. The average molecular weight is 446 g/mol. The molecule has 0 radical (unpaired) electrons. The van der Waals surface area contributed by atoms with Gasteiger partial charge in [0.2, 0.25) is 0 Å². The Bertz CT molecular complexity index is 1050. The first kappa shape index (κ1) is 21.8. The molecule has 3 aromatic rings. The number of benzene rings is 3. The summed E-state index contributed by atoms with van der Waals surface area (Å²) in [6.45, 7) is 2.68. The molecule has 0 fully saturated rings. The zero-order valence-corrected chi connectivity index (χ0v) is 18.1. The predicted molar refractivity (Wildman–Crippen MR) is 119 cm³/mol. The van der Waals surface area contributed by atoms with E-state index in [0.29, 0.717) is 34.7 Å². The molecule has 156 valence electrons. The molecule has 0 saturated carbocycles. The van der Waals surface area contributed by atoms with Crippen LogP contribution in [-0.4, -0.2) is 18.2 Å². The molecule has 0 amide bonds. The number of ether oxygens (including phenoxy) is 2. The molecule has 30 heavy (non-hydrogen) atoms. The third-order valence-electron chi connectivity index (χ3n) is 4.55. The van der Waals surface area contributed by atoms with Gasteiger partial charge in [0.1, 0.15) is 6.61 Å². The summed E-state index contributed by atoms with van der Waals surface area (Å²) in [5, 5.41) is 13.5. The molecule has 0 aliphatic carbocycles. The first-order valence-corrected chi connectivity index (χ1v) is 9.94. The zero-order chi connectivity index (χ0) is 21.7. The van der Waals surface area contributed by atoms with Gasteiger partial charge in [-0.3, -0.25) is 0 Å². The van der Waals surface area contributed by atoms with E-state index < -0.39 is 5.97 Å². The summed E-state index contributed by atoms with van der Waals surface area (Å²) < 4.78 is 11.3. The number of halogens is 2. The maximum absolute atomic E-state index is 11.2. The Hall–Kier alpha value is -2.89. The Labute approximate surface area is 185 Å². The quantitative estimate of drug-likeness (QED) is 0.431. The van der Waals surface area contributed by atoms with Crippen LogP contribution in [-0.2, 0) is 13.2 Å². The van der Waals surface area contributed by atoms with Crippen LogP contribution >= 0.6 is 23.2 Å². The van der Waals surface area contributed by atoms with Crippen LogP contribution in [0.2, 0.25) is 10.0 Å². The van der Waals surface area contributed by atoms with E-state index in [0.717, 1.165) is 22.4 Å². The fourth-order valence-corrected chi connectivity index (χ4v) is 3.31. The molecule has 0 spiro atoms. The second-order valence-electron chi connectivity index (χ2n) is 6.71. The molecular formula is C23H21Cl2NO4. The summed E-state index contributed by atoms with van der Waals surface area (Å²) >= 11 is 12.4. The fraction of sp³-hybridized carbons (Fsp3) is 0.174. The van der Waals surface area contributed by atoms with E-state index in [1.807, 2.05) is 25.1 Å².